The number of likely N-dealkylation sites (N-methyl/N-ethyl adjacent to an activating group) is 1. The van der Waals surface area contributed by atoms with Gasteiger partial charge in [0.1, 0.15) is 5.82 Å². The van der Waals surface area contributed by atoms with E-state index in [1.165, 1.54) is 0 Å². The lowest BCUT2D eigenvalue weighted by Crippen LogP contribution is -2.35. The van der Waals surface area contributed by atoms with Gasteiger partial charge in [-0.25, -0.2) is 0 Å². The molecule has 0 spiro atoms. The lowest BCUT2D eigenvalue weighted by atomic mass is 10.1. The highest BCUT2D eigenvalue weighted by molar-refractivity contribution is 5.79. The van der Waals surface area contributed by atoms with E-state index >= 15 is 0 Å². The number of carbonyl (C=O) groups is 1. The van der Waals surface area contributed by atoms with Crippen LogP contribution < -0.4 is 9.47 Å². The first-order valence-electron chi connectivity index (χ1n) is 10.5. The van der Waals surface area contributed by atoms with Gasteiger partial charge in [0.05, 0.1) is 32.2 Å². The summed E-state index contributed by atoms with van der Waals surface area (Å²) in [6.45, 7) is 4.76. The molecule has 1 unspecified atom stereocenters. The second kappa shape index (κ2) is 7.67. The maximum absolute atomic E-state index is 13.2. The molecule has 1 aromatic carbocycles. The van der Waals surface area contributed by atoms with Gasteiger partial charge in [0.25, 0.3) is 0 Å². The molecule has 1 aromatic heterocycles. The predicted molar refractivity (Wildman–Crippen MR) is 106 cm³/mol. The Kier molecular flexibility index (Phi) is 4.87. The number of nitrogens with zero attached hydrogens (tertiary/aromatic N) is 5. The molecule has 0 N–H and O–H groups in total. The fraction of sp³-hybridized carbons (Fsp3) is 0.571. The summed E-state index contributed by atoms with van der Waals surface area (Å²) in [5.74, 6) is 3.57. The summed E-state index contributed by atoms with van der Waals surface area (Å²) in [6.07, 6.45) is 3.17. The van der Waals surface area contributed by atoms with Crippen LogP contribution >= 0.6 is 0 Å². The van der Waals surface area contributed by atoms with Crippen molar-refractivity contribution in [3.8, 4) is 11.5 Å². The molecular formula is C21H27N5O3. The van der Waals surface area contributed by atoms with Gasteiger partial charge in [-0.15, -0.1) is 10.2 Å². The van der Waals surface area contributed by atoms with Gasteiger partial charge in [-0.1, -0.05) is 6.07 Å². The maximum Gasteiger partial charge on any atom is 0.227 e. The zero-order valence-corrected chi connectivity index (χ0v) is 16.8. The fourth-order valence-electron chi connectivity index (χ4n) is 4.47. The van der Waals surface area contributed by atoms with Crippen LogP contribution in [0.2, 0.25) is 0 Å². The number of ether oxygens (including phenoxy) is 2. The molecule has 0 bridgehead atoms. The Morgan fingerprint density at radius 3 is 2.86 bits per heavy atom. The molecule has 0 aliphatic carbocycles. The van der Waals surface area contributed by atoms with Gasteiger partial charge in [-0.05, 0) is 37.6 Å². The third-order valence-corrected chi connectivity index (χ3v) is 6.01. The molecule has 1 atom stereocenters. The van der Waals surface area contributed by atoms with E-state index in [1.807, 2.05) is 23.1 Å². The molecule has 4 heterocycles. The first-order valence-corrected chi connectivity index (χ1v) is 10.5. The van der Waals surface area contributed by atoms with Crippen LogP contribution in [0.4, 0.5) is 0 Å². The molecular weight excluding hydrogens is 370 g/mol. The van der Waals surface area contributed by atoms with Gasteiger partial charge in [0, 0.05) is 26.1 Å². The largest absolute Gasteiger partial charge is 0.490 e. The van der Waals surface area contributed by atoms with Crippen molar-refractivity contribution in [3.05, 3.63) is 35.4 Å². The van der Waals surface area contributed by atoms with E-state index < -0.39 is 0 Å². The summed E-state index contributed by atoms with van der Waals surface area (Å²) in [5, 5.41) is 8.87. The normalized spacial score (nSPS) is 21.7. The van der Waals surface area contributed by atoms with Gasteiger partial charge in [0.15, 0.2) is 17.3 Å². The Labute approximate surface area is 170 Å². The second-order valence-electron chi connectivity index (χ2n) is 8.12. The minimum absolute atomic E-state index is 0.0209. The van der Waals surface area contributed by atoms with Crippen molar-refractivity contribution < 1.29 is 14.3 Å². The Hall–Kier alpha value is -2.61. The third kappa shape index (κ3) is 3.57. The van der Waals surface area contributed by atoms with E-state index in [2.05, 4.69) is 26.7 Å². The molecule has 0 saturated carbocycles. The highest BCUT2D eigenvalue weighted by Gasteiger charge is 2.35. The number of fused-ring (bicyclic) bond motifs is 2. The zero-order valence-electron chi connectivity index (χ0n) is 16.8. The van der Waals surface area contributed by atoms with E-state index in [0.717, 1.165) is 74.2 Å². The number of carbonyl (C=O) groups excluding carboxylic acids is 1. The second-order valence-corrected chi connectivity index (χ2v) is 8.12. The van der Waals surface area contributed by atoms with E-state index in [-0.39, 0.29) is 11.9 Å². The van der Waals surface area contributed by atoms with E-state index in [9.17, 15) is 4.79 Å². The van der Waals surface area contributed by atoms with Crippen LogP contribution in [0.3, 0.4) is 0 Å². The number of amides is 1. The van der Waals surface area contributed by atoms with Crippen molar-refractivity contribution in [2.45, 2.75) is 44.8 Å². The molecule has 8 nitrogen and oxygen atoms in total. The molecule has 0 radical (unpaired) electrons. The van der Waals surface area contributed by atoms with Crippen LogP contribution in [0.5, 0.6) is 11.5 Å². The van der Waals surface area contributed by atoms with Gasteiger partial charge >= 0.3 is 0 Å². The lowest BCUT2D eigenvalue weighted by molar-refractivity contribution is -0.131. The molecule has 8 heteroatoms. The summed E-state index contributed by atoms with van der Waals surface area (Å²) in [4.78, 5) is 17.4. The SMILES string of the molecule is CN1CCn2c(nnc2C2CCCN2C(=O)Cc2ccc3c(c2)OCCCO3)C1. The average Bonchev–Trinajstić information content (AvgIpc) is 3.28. The summed E-state index contributed by atoms with van der Waals surface area (Å²) in [5.41, 5.74) is 0.954. The first kappa shape index (κ1) is 18.4. The Morgan fingerprint density at radius 2 is 1.97 bits per heavy atom. The Bertz CT molecular complexity index is 912. The standard InChI is InChI=1S/C21H27N5O3/c1-24-8-9-26-19(14-24)22-23-21(26)16-4-2-7-25(16)20(27)13-15-5-6-17-18(12-15)29-11-3-10-28-17/h5-6,12,16H,2-4,7-11,13-14H2,1H3. The number of hydrogen-bond acceptors (Lipinski definition) is 6. The maximum atomic E-state index is 13.2. The quantitative estimate of drug-likeness (QED) is 0.786. The van der Waals surface area contributed by atoms with Crippen LogP contribution in [0.15, 0.2) is 18.2 Å². The van der Waals surface area contributed by atoms with Crippen LogP contribution in [-0.2, 0) is 24.3 Å². The summed E-state index contributed by atoms with van der Waals surface area (Å²) >= 11 is 0. The molecule has 1 amide bonds. The topological polar surface area (TPSA) is 72.7 Å². The van der Waals surface area contributed by atoms with Gasteiger partial charge < -0.3 is 18.9 Å². The smallest absolute Gasteiger partial charge is 0.227 e. The van der Waals surface area contributed by atoms with E-state index in [1.54, 1.807) is 0 Å². The molecule has 1 saturated heterocycles. The van der Waals surface area contributed by atoms with E-state index in [4.69, 9.17) is 9.47 Å². The van der Waals surface area contributed by atoms with E-state index in [0.29, 0.717) is 19.6 Å². The monoisotopic (exact) mass is 397 g/mol. The Morgan fingerprint density at radius 1 is 1.10 bits per heavy atom. The van der Waals surface area contributed by atoms with Crippen LogP contribution in [-0.4, -0.2) is 63.8 Å². The fourth-order valence-corrected chi connectivity index (χ4v) is 4.47. The Balaban J connectivity index is 1.33. The highest BCUT2D eigenvalue weighted by atomic mass is 16.5. The predicted octanol–water partition coefficient (Wildman–Crippen LogP) is 1.79. The zero-order chi connectivity index (χ0) is 19.8. The van der Waals surface area contributed by atoms with Crippen molar-refractivity contribution >= 4 is 5.91 Å². The summed E-state index contributed by atoms with van der Waals surface area (Å²) < 4.78 is 13.7. The average molecular weight is 397 g/mol. The molecule has 5 rings (SSSR count). The highest BCUT2D eigenvalue weighted by Crippen LogP contribution is 2.34. The molecule has 29 heavy (non-hydrogen) atoms. The van der Waals surface area contributed by atoms with Crippen LogP contribution in [0.25, 0.3) is 0 Å². The molecule has 154 valence electrons. The molecule has 1 fully saturated rings. The molecule has 2 aromatic rings. The summed E-state index contributed by atoms with van der Waals surface area (Å²) in [6, 6.07) is 5.84. The minimum atomic E-state index is 0.0209. The van der Waals surface area contributed by atoms with Gasteiger partial charge in [-0.3, -0.25) is 9.69 Å². The lowest BCUT2D eigenvalue weighted by Gasteiger charge is -2.28. The molecule has 3 aliphatic rings. The van der Waals surface area contributed by atoms with Crippen LogP contribution in [0, 0.1) is 0 Å². The van der Waals surface area contributed by atoms with Gasteiger partial charge in [-0.2, -0.15) is 0 Å². The number of likely N-dealkylation sites (tertiary alicyclic amines) is 1. The number of aromatic nitrogens is 3. The van der Waals surface area contributed by atoms with Crippen molar-refractivity contribution in [2.75, 3.05) is 33.4 Å². The number of hydrogen-bond donors (Lipinski definition) is 0. The third-order valence-electron chi connectivity index (χ3n) is 6.01. The van der Waals surface area contributed by atoms with Crippen molar-refractivity contribution in [1.29, 1.82) is 0 Å². The molecule has 3 aliphatic heterocycles. The van der Waals surface area contributed by atoms with Crippen molar-refractivity contribution in [1.82, 2.24) is 24.6 Å². The van der Waals surface area contributed by atoms with Crippen molar-refractivity contribution in [3.63, 3.8) is 0 Å². The number of benzene rings is 1. The van der Waals surface area contributed by atoms with Gasteiger partial charge in [0.2, 0.25) is 5.91 Å². The van der Waals surface area contributed by atoms with Crippen LogP contribution in [0.1, 0.15) is 42.5 Å². The van der Waals surface area contributed by atoms with Crippen molar-refractivity contribution in [2.24, 2.45) is 0 Å². The number of rotatable bonds is 3. The first-order chi connectivity index (χ1) is 14.2. The minimum Gasteiger partial charge on any atom is -0.490 e. The summed E-state index contributed by atoms with van der Waals surface area (Å²) in [7, 11) is 2.10.